The van der Waals surface area contributed by atoms with Crippen molar-refractivity contribution < 1.29 is 3.08 Å². The second-order valence-electron chi connectivity index (χ2n) is 0. The van der Waals surface area contributed by atoms with Gasteiger partial charge < -0.3 is 0 Å². The van der Waals surface area contributed by atoms with E-state index >= 15 is 0 Å². The summed E-state index contributed by atoms with van der Waals surface area (Å²) in [5, 5.41) is 0. The van der Waals surface area contributed by atoms with E-state index in [1.807, 2.05) is 0 Å². The molecular weight excluding hydrogens is 438 g/mol. The minimum atomic E-state index is 0. The third kappa shape index (κ3) is 19.7. The van der Waals surface area contributed by atoms with Crippen molar-refractivity contribution in [2.75, 3.05) is 0 Å². The Bertz CT molecular complexity index is 9.61. The van der Waals surface area contributed by atoms with Crippen LogP contribution in [0.25, 0.3) is 0 Å². The zero-order chi connectivity index (χ0) is 2.00. The summed E-state index contributed by atoms with van der Waals surface area (Å²) in [6.07, 6.45) is 0. The first kappa shape index (κ1) is 24.7. The molecule has 0 N–H and O–H groups in total. The number of hydrogen-bond acceptors (Lipinski definition) is 1. The van der Waals surface area contributed by atoms with Crippen LogP contribution >= 0.6 is 0 Å². The molecule has 0 aromatic heterocycles. The minimum absolute atomic E-state index is 0. The van der Waals surface area contributed by atoms with E-state index in [9.17, 15) is 0 Å². The van der Waals surface area contributed by atoms with Crippen molar-refractivity contribution in [2.45, 2.75) is 0 Å². The first-order chi connectivity index (χ1) is 1.00. The van der Waals surface area contributed by atoms with Crippen molar-refractivity contribution in [3.63, 3.8) is 0 Å². The molecule has 5 heavy (non-hydrogen) atoms. The number of rotatable bonds is 0. The standard InChI is InChI=1S/Ga.In.O.2Sn.8H. The van der Waals surface area contributed by atoms with Crippen LogP contribution in [-0.4, -0.2) is 92.1 Å². The summed E-state index contributed by atoms with van der Waals surface area (Å²) in [4.78, 5) is 0. The summed E-state index contributed by atoms with van der Waals surface area (Å²) in [6, 6.07) is 0. The van der Waals surface area contributed by atoms with Crippen molar-refractivity contribution in [1.29, 1.82) is 0 Å². The molecule has 0 rings (SSSR count). The average Bonchev–Trinajstić information content (AvgIpc) is 1.00. The van der Waals surface area contributed by atoms with E-state index in [0.29, 0.717) is 22.5 Å². The fraction of sp³-hybridized carbons (Fsp3) is 0. The van der Waals surface area contributed by atoms with Gasteiger partial charge in [0.25, 0.3) is 0 Å². The molecule has 4 radical (unpaired) electrons. The third-order valence-electron chi connectivity index (χ3n) is 0. The van der Waals surface area contributed by atoms with Crippen LogP contribution in [0.4, 0.5) is 0 Å². The summed E-state index contributed by atoms with van der Waals surface area (Å²) in [6.45, 7) is 0. The zero-order valence-corrected chi connectivity index (χ0v) is 8.51. The molecule has 0 saturated carbocycles. The van der Waals surface area contributed by atoms with Crippen LogP contribution in [0.3, 0.4) is 0 Å². The van der Waals surface area contributed by atoms with Gasteiger partial charge in [0.1, 0.15) is 0 Å². The van der Waals surface area contributed by atoms with E-state index < -0.39 is 0 Å². The summed E-state index contributed by atoms with van der Waals surface area (Å²) in [5.74, 6) is 0. The van der Waals surface area contributed by atoms with Gasteiger partial charge in [-0.15, -0.1) is 0 Å². The summed E-state index contributed by atoms with van der Waals surface area (Å²) < 4.78 is 8.34. The molecular formula is H8GaInOSn2. The van der Waals surface area contributed by atoms with Gasteiger partial charge in [-0.05, 0) is 0 Å². The Labute approximate surface area is 93.3 Å². The molecule has 0 unspecified atom stereocenters. The fourth-order valence-corrected chi connectivity index (χ4v) is 0. The second kappa shape index (κ2) is 28.5. The maximum atomic E-state index is 8.34. The molecule has 0 atom stereocenters. The first-order valence-electron chi connectivity index (χ1n) is 0.204. The van der Waals surface area contributed by atoms with Crippen molar-refractivity contribution >= 4 is 92.1 Å². The van der Waals surface area contributed by atoms with E-state index in [1.165, 1.54) is 0 Å². The molecule has 0 aromatic rings. The Balaban J connectivity index is -0.00000000167. The van der Waals surface area contributed by atoms with Crippen LogP contribution < -0.4 is 0 Å². The fourth-order valence-electron chi connectivity index (χ4n) is 0. The van der Waals surface area contributed by atoms with Crippen LogP contribution in [0.15, 0.2) is 0 Å². The van der Waals surface area contributed by atoms with Gasteiger partial charge in [0.2, 0.25) is 0 Å². The van der Waals surface area contributed by atoms with E-state index in [0.717, 1.165) is 0 Å². The second-order valence-corrected chi connectivity index (χ2v) is 0. The molecule has 0 aliphatic heterocycles. The average molecular weight is 446 g/mol. The van der Waals surface area contributed by atoms with Crippen LogP contribution in [-0.2, 0) is 3.08 Å². The van der Waals surface area contributed by atoms with Gasteiger partial charge in [-0.2, -0.15) is 0 Å². The van der Waals surface area contributed by atoms with Gasteiger partial charge in [0, 0.05) is 0 Å². The van der Waals surface area contributed by atoms with Crippen LogP contribution in [0.1, 0.15) is 0 Å². The van der Waals surface area contributed by atoms with Crippen molar-refractivity contribution in [3.8, 4) is 0 Å². The molecule has 28 valence electrons. The molecule has 0 fully saturated rings. The molecule has 0 aliphatic rings. The maximum absolute atomic E-state index is 8.34. The van der Waals surface area contributed by atoms with Crippen LogP contribution in [0.5, 0.6) is 0 Å². The zero-order valence-electron chi connectivity index (χ0n) is 1.62. The van der Waals surface area contributed by atoms with Gasteiger partial charge in [-0.3, -0.25) is 0 Å². The molecule has 0 heterocycles. The summed E-state index contributed by atoms with van der Waals surface area (Å²) >= 11 is 0.300. The predicted octanol–water partition coefficient (Wildman–Crippen LogP) is -3.78. The molecule has 1 nitrogen and oxygen atoms in total. The van der Waals surface area contributed by atoms with Crippen molar-refractivity contribution in [1.82, 2.24) is 0 Å². The Hall–Kier alpha value is 2.90. The topological polar surface area (TPSA) is 17.1 Å². The Kier molecular flexibility index (Phi) is 141. The van der Waals surface area contributed by atoms with E-state index in [-0.39, 0.29) is 69.5 Å². The molecule has 0 aliphatic carbocycles. The van der Waals surface area contributed by atoms with Crippen LogP contribution in [0.2, 0.25) is 0 Å². The van der Waals surface area contributed by atoms with Gasteiger partial charge in [-0.25, -0.2) is 0 Å². The van der Waals surface area contributed by atoms with Crippen molar-refractivity contribution in [3.05, 3.63) is 0 Å². The SMILES string of the molecule is [GaH3].[InH3].[O]=[Sn].[SnH2]. The predicted molar refractivity (Wildman–Crippen MR) is 34.9 cm³/mol. The molecule has 0 spiro atoms. The van der Waals surface area contributed by atoms with Crippen molar-refractivity contribution in [2.24, 2.45) is 0 Å². The first-order valence-corrected chi connectivity index (χ1v) is 1.37. The normalized spacial score (nSPS) is 0.800. The van der Waals surface area contributed by atoms with Crippen LogP contribution in [0, 0.1) is 0 Å². The number of hydrogen-bond donors (Lipinski definition) is 0. The van der Waals surface area contributed by atoms with Gasteiger partial charge in [0.15, 0.2) is 0 Å². The molecule has 0 bridgehead atoms. The molecule has 0 saturated heterocycles. The van der Waals surface area contributed by atoms with Gasteiger partial charge >= 0.3 is 95.1 Å². The summed E-state index contributed by atoms with van der Waals surface area (Å²) in [5.41, 5.74) is 0. The Morgan fingerprint density at radius 1 is 1.20 bits per heavy atom. The summed E-state index contributed by atoms with van der Waals surface area (Å²) in [7, 11) is 0. The van der Waals surface area contributed by atoms with Gasteiger partial charge in [-0.1, -0.05) is 0 Å². The third-order valence-corrected chi connectivity index (χ3v) is 0. The molecule has 0 aromatic carbocycles. The molecule has 0 amide bonds. The van der Waals surface area contributed by atoms with Gasteiger partial charge in [0.05, 0.1) is 0 Å². The van der Waals surface area contributed by atoms with E-state index in [4.69, 9.17) is 3.08 Å². The Morgan fingerprint density at radius 3 is 1.20 bits per heavy atom. The monoisotopic (exact) mass is 448 g/mol. The van der Waals surface area contributed by atoms with E-state index in [1.54, 1.807) is 0 Å². The molecule has 5 heteroatoms. The van der Waals surface area contributed by atoms with E-state index in [2.05, 4.69) is 0 Å². The quantitative estimate of drug-likeness (QED) is 0.350. The Morgan fingerprint density at radius 2 is 1.20 bits per heavy atom.